The zero-order valence-electron chi connectivity index (χ0n) is 16.8. The van der Waals surface area contributed by atoms with Gasteiger partial charge >= 0.3 is 6.03 Å². The number of carbonyl (C=O) groups is 1. The van der Waals surface area contributed by atoms with E-state index in [2.05, 4.69) is 54.4 Å². The molecule has 2 saturated carbocycles. The fourth-order valence-corrected chi connectivity index (χ4v) is 5.68. The number of hydrogen-bond donors (Lipinski definition) is 1. The van der Waals surface area contributed by atoms with Crippen molar-refractivity contribution >= 4 is 6.03 Å². The molecule has 1 unspecified atom stereocenters. The Balaban J connectivity index is 1.53. The van der Waals surface area contributed by atoms with Crippen LogP contribution in [0.4, 0.5) is 4.79 Å². The third-order valence-electron chi connectivity index (χ3n) is 7.79. The predicted molar refractivity (Wildman–Crippen MR) is 106 cm³/mol. The minimum absolute atomic E-state index is 0.0584. The van der Waals surface area contributed by atoms with Crippen LogP contribution in [0.5, 0.6) is 0 Å². The molecule has 4 aliphatic rings. The average Bonchev–Trinajstić information content (AvgIpc) is 2.88. The smallest absolute Gasteiger partial charge is 0.318 e. The molecule has 1 atom stereocenters. The van der Waals surface area contributed by atoms with Gasteiger partial charge in [-0.15, -0.1) is 0 Å². The molecule has 1 saturated heterocycles. The minimum Gasteiger partial charge on any atom is -0.336 e. The first-order chi connectivity index (χ1) is 12.5. The monoisotopic (exact) mass is 357 g/mol. The number of nitrogens with one attached hydrogen (secondary N) is 1. The van der Waals surface area contributed by atoms with Gasteiger partial charge < -0.3 is 10.2 Å². The highest BCUT2D eigenvalue weighted by Gasteiger charge is 2.52. The van der Waals surface area contributed by atoms with E-state index in [0.29, 0.717) is 5.92 Å². The summed E-state index contributed by atoms with van der Waals surface area (Å²) in [6.45, 7) is 4.14. The lowest BCUT2D eigenvalue weighted by atomic mass is 9.66. The van der Waals surface area contributed by atoms with Gasteiger partial charge in [0.15, 0.2) is 0 Å². The molecule has 0 aromatic carbocycles. The second-order valence-corrected chi connectivity index (χ2v) is 9.47. The molecule has 1 N–H and O–H groups in total. The Hall–Kier alpha value is -1.29. The number of hydrogen-bond acceptors (Lipinski definition) is 2. The van der Waals surface area contributed by atoms with Crippen LogP contribution >= 0.6 is 0 Å². The van der Waals surface area contributed by atoms with Crippen molar-refractivity contribution in [2.24, 2.45) is 11.8 Å². The molecule has 3 fully saturated rings. The van der Waals surface area contributed by atoms with Crippen LogP contribution in [0, 0.1) is 11.8 Å². The Morgan fingerprint density at radius 1 is 1.23 bits per heavy atom. The van der Waals surface area contributed by atoms with E-state index in [1.807, 2.05) is 0 Å². The molecule has 0 bridgehead atoms. The van der Waals surface area contributed by atoms with Crippen molar-refractivity contribution in [1.82, 2.24) is 15.1 Å². The third kappa shape index (κ3) is 2.90. The molecule has 4 nitrogen and oxygen atoms in total. The van der Waals surface area contributed by atoms with Crippen molar-refractivity contribution in [3.05, 3.63) is 23.8 Å². The fourth-order valence-electron chi connectivity index (χ4n) is 5.68. The Labute approximate surface area is 158 Å². The molecule has 26 heavy (non-hydrogen) atoms. The van der Waals surface area contributed by atoms with Gasteiger partial charge in [0.1, 0.15) is 0 Å². The molecule has 0 aromatic heterocycles. The summed E-state index contributed by atoms with van der Waals surface area (Å²) in [5.41, 5.74) is 1.82. The first-order valence-corrected chi connectivity index (χ1v) is 10.6. The van der Waals surface area contributed by atoms with Gasteiger partial charge in [0.05, 0.1) is 5.54 Å². The van der Waals surface area contributed by atoms with Crippen LogP contribution in [-0.4, -0.2) is 54.1 Å². The normalized spacial score (nSPS) is 37.8. The van der Waals surface area contributed by atoms with E-state index < -0.39 is 0 Å². The van der Waals surface area contributed by atoms with E-state index in [1.54, 1.807) is 5.57 Å². The molecule has 0 radical (unpaired) electrons. The molecule has 0 aromatic rings. The van der Waals surface area contributed by atoms with Crippen LogP contribution < -0.4 is 5.32 Å². The van der Waals surface area contributed by atoms with E-state index in [1.165, 1.54) is 25.7 Å². The highest BCUT2D eigenvalue weighted by atomic mass is 16.2. The number of likely N-dealkylation sites (N-methyl/N-ethyl adjacent to an activating group) is 1. The van der Waals surface area contributed by atoms with Crippen LogP contribution in [-0.2, 0) is 0 Å². The largest absolute Gasteiger partial charge is 0.336 e. The van der Waals surface area contributed by atoms with Gasteiger partial charge in [0, 0.05) is 18.6 Å². The molecule has 2 amide bonds. The van der Waals surface area contributed by atoms with Crippen molar-refractivity contribution in [2.75, 3.05) is 27.2 Å². The van der Waals surface area contributed by atoms with Gasteiger partial charge in [0.25, 0.3) is 0 Å². The van der Waals surface area contributed by atoms with E-state index >= 15 is 0 Å². The first-order valence-electron chi connectivity index (χ1n) is 10.6. The summed E-state index contributed by atoms with van der Waals surface area (Å²) in [5, 5.41) is 3.17. The van der Waals surface area contributed by atoms with Gasteiger partial charge in [-0.3, -0.25) is 4.90 Å². The number of rotatable bonds is 4. The fraction of sp³-hybridized carbons (Fsp3) is 0.773. The molecular formula is C22H35N3O. The van der Waals surface area contributed by atoms with Crippen LogP contribution in [0.2, 0.25) is 0 Å². The SMILES string of the molecule is CC1C=CC=C([C@]2(N(C)C)CC[C@@]3(CC2)CNC(=O)N3CC2CCC2)C1. The second kappa shape index (κ2) is 6.70. The van der Waals surface area contributed by atoms with Crippen LogP contribution in [0.1, 0.15) is 58.3 Å². The van der Waals surface area contributed by atoms with Crippen molar-refractivity contribution in [3.8, 4) is 0 Å². The van der Waals surface area contributed by atoms with Gasteiger partial charge in [-0.25, -0.2) is 4.79 Å². The van der Waals surface area contributed by atoms with E-state index in [-0.39, 0.29) is 17.1 Å². The predicted octanol–water partition coefficient (Wildman–Crippen LogP) is 3.95. The summed E-state index contributed by atoms with van der Waals surface area (Å²) < 4.78 is 0. The summed E-state index contributed by atoms with van der Waals surface area (Å²) in [5.74, 6) is 1.37. The topological polar surface area (TPSA) is 35.6 Å². The maximum atomic E-state index is 12.5. The lowest BCUT2D eigenvalue weighted by Crippen LogP contribution is -2.58. The van der Waals surface area contributed by atoms with Gasteiger partial charge in [-0.1, -0.05) is 31.6 Å². The Morgan fingerprint density at radius 3 is 2.54 bits per heavy atom. The maximum Gasteiger partial charge on any atom is 0.318 e. The molecule has 1 aliphatic heterocycles. The van der Waals surface area contributed by atoms with E-state index in [9.17, 15) is 4.79 Å². The standard InChI is InChI=1S/C22H35N3O/c1-17-6-4-9-19(14-17)22(24(2)3)12-10-21(11-13-22)16-23-20(26)25(21)15-18-7-5-8-18/h4,6,9,17-18H,5,7-8,10-16H2,1-3H3,(H,23,26)/t17?,21-,22+. The number of urea groups is 1. The Bertz CT molecular complexity index is 609. The molecule has 1 spiro atoms. The number of carbonyl (C=O) groups excluding carboxylic acids is 1. The summed E-state index contributed by atoms with van der Waals surface area (Å²) in [4.78, 5) is 17.2. The van der Waals surface area contributed by atoms with Crippen molar-refractivity contribution < 1.29 is 4.79 Å². The molecule has 3 aliphatic carbocycles. The van der Waals surface area contributed by atoms with Gasteiger partial charge in [-0.05, 0) is 76.5 Å². The molecular weight excluding hydrogens is 322 g/mol. The zero-order chi connectivity index (χ0) is 18.4. The highest BCUT2D eigenvalue weighted by molar-refractivity contribution is 5.78. The van der Waals surface area contributed by atoms with Crippen molar-refractivity contribution in [1.29, 1.82) is 0 Å². The van der Waals surface area contributed by atoms with Crippen LogP contribution in [0.3, 0.4) is 0 Å². The second-order valence-electron chi connectivity index (χ2n) is 9.47. The highest BCUT2D eigenvalue weighted by Crippen LogP contribution is 2.48. The van der Waals surface area contributed by atoms with Crippen LogP contribution in [0.25, 0.3) is 0 Å². The van der Waals surface area contributed by atoms with Crippen molar-refractivity contribution in [3.63, 3.8) is 0 Å². The number of nitrogens with zero attached hydrogens (tertiary/aromatic N) is 2. The summed E-state index contributed by atoms with van der Waals surface area (Å²) in [6.07, 6.45) is 16.6. The molecule has 4 rings (SSSR count). The first kappa shape index (κ1) is 18.1. The summed E-state index contributed by atoms with van der Waals surface area (Å²) in [7, 11) is 4.48. The average molecular weight is 358 g/mol. The summed E-state index contributed by atoms with van der Waals surface area (Å²) in [6, 6.07) is 0.183. The van der Waals surface area contributed by atoms with E-state index in [4.69, 9.17) is 0 Å². The molecule has 1 heterocycles. The van der Waals surface area contributed by atoms with Gasteiger partial charge in [0.2, 0.25) is 0 Å². The maximum absolute atomic E-state index is 12.5. The molecule has 144 valence electrons. The third-order valence-corrected chi connectivity index (χ3v) is 7.79. The molecule has 4 heteroatoms. The quantitative estimate of drug-likeness (QED) is 0.827. The van der Waals surface area contributed by atoms with Gasteiger partial charge in [-0.2, -0.15) is 0 Å². The summed E-state index contributed by atoms with van der Waals surface area (Å²) >= 11 is 0. The van der Waals surface area contributed by atoms with E-state index in [0.717, 1.165) is 44.7 Å². The Morgan fingerprint density at radius 2 is 1.96 bits per heavy atom. The Kier molecular flexibility index (Phi) is 4.66. The lowest BCUT2D eigenvalue weighted by Gasteiger charge is -2.53. The zero-order valence-corrected chi connectivity index (χ0v) is 16.8. The minimum atomic E-state index is 0.0584. The lowest BCUT2D eigenvalue weighted by molar-refractivity contribution is 0.0343. The van der Waals surface area contributed by atoms with Crippen LogP contribution in [0.15, 0.2) is 23.8 Å². The number of amides is 2. The number of allylic oxidation sites excluding steroid dienone is 3. The van der Waals surface area contributed by atoms with Crippen molar-refractivity contribution in [2.45, 2.75) is 69.4 Å².